The van der Waals surface area contributed by atoms with Gasteiger partial charge in [-0.3, -0.25) is 4.98 Å². The van der Waals surface area contributed by atoms with Crippen LogP contribution in [0.1, 0.15) is 16.7 Å². The second-order valence-electron chi connectivity index (χ2n) is 10.2. The smallest absolute Gasteiger partial charge is 0.0998 e. The van der Waals surface area contributed by atoms with E-state index in [0.29, 0.717) is 16.7 Å². The maximum atomic E-state index is 9.94. The van der Waals surface area contributed by atoms with Gasteiger partial charge in [0.1, 0.15) is 0 Å². The molecule has 0 atom stereocenters. The molecule has 7 aromatic rings. The van der Waals surface area contributed by atoms with Gasteiger partial charge in [-0.1, -0.05) is 60.7 Å². The first-order valence-electron chi connectivity index (χ1n) is 13.7. The monoisotopic (exact) mass is 547 g/mol. The number of nitriles is 3. The van der Waals surface area contributed by atoms with E-state index in [4.69, 9.17) is 0 Å². The van der Waals surface area contributed by atoms with E-state index >= 15 is 0 Å². The average Bonchev–Trinajstić information content (AvgIpc) is 3.41. The minimum Gasteiger partial charge on any atom is -0.309 e. The lowest BCUT2D eigenvalue weighted by molar-refractivity contribution is 1.18. The van der Waals surface area contributed by atoms with Gasteiger partial charge in [0.25, 0.3) is 0 Å². The van der Waals surface area contributed by atoms with E-state index in [-0.39, 0.29) is 0 Å². The lowest BCUT2D eigenvalue weighted by Crippen LogP contribution is -1.97. The highest BCUT2D eigenvalue weighted by atomic mass is 15.0. The normalized spacial score (nSPS) is 10.7. The molecular formula is C38H21N5. The van der Waals surface area contributed by atoms with E-state index in [1.807, 2.05) is 78.9 Å². The predicted octanol–water partition coefficient (Wildman–Crippen LogP) is 8.79. The second-order valence-corrected chi connectivity index (χ2v) is 10.2. The van der Waals surface area contributed by atoms with Crippen LogP contribution in [0.4, 0.5) is 0 Å². The van der Waals surface area contributed by atoms with Gasteiger partial charge < -0.3 is 4.57 Å². The summed E-state index contributed by atoms with van der Waals surface area (Å²) >= 11 is 0. The average molecular weight is 548 g/mol. The third-order valence-electron chi connectivity index (χ3n) is 7.86. The standard InChI is InChI=1S/C38H21N5/c39-22-28-5-1-3-7-32(28)26-10-13-34-35-14-11-27(33-8-4-2-6-29(33)23-40)20-38(35)43(37(34)19-26)31-12-9-30(24-41)36(21-31)25-15-17-42-18-16-25/h1-21H. The highest BCUT2D eigenvalue weighted by Gasteiger charge is 2.17. The molecule has 0 aliphatic rings. The fraction of sp³-hybridized carbons (Fsp3) is 0. The summed E-state index contributed by atoms with van der Waals surface area (Å²) in [5, 5.41) is 31.7. The fourth-order valence-corrected chi connectivity index (χ4v) is 5.84. The number of pyridine rings is 1. The van der Waals surface area contributed by atoms with E-state index in [0.717, 1.165) is 60.9 Å². The number of hydrogen-bond acceptors (Lipinski definition) is 4. The summed E-state index contributed by atoms with van der Waals surface area (Å²) in [7, 11) is 0. The molecule has 5 heteroatoms. The first kappa shape index (κ1) is 25.5. The summed E-state index contributed by atoms with van der Waals surface area (Å²) in [6, 6.07) is 44.4. The van der Waals surface area contributed by atoms with Crippen LogP contribution >= 0.6 is 0 Å². The molecule has 0 spiro atoms. The highest BCUT2D eigenvalue weighted by molar-refractivity contribution is 6.11. The molecule has 0 aliphatic heterocycles. The third kappa shape index (κ3) is 4.28. The van der Waals surface area contributed by atoms with Crippen LogP contribution in [0.2, 0.25) is 0 Å². The zero-order valence-electron chi connectivity index (χ0n) is 22.9. The highest BCUT2D eigenvalue weighted by Crippen LogP contribution is 2.39. The van der Waals surface area contributed by atoms with Crippen molar-refractivity contribution < 1.29 is 0 Å². The molecule has 0 saturated heterocycles. The zero-order chi connectivity index (χ0) is 29.3. The van der Waals surface area contributed by atoms with Crippen molar-refractivity contribution in [1.29, 1.82) is 15.8 Å². The van der Waals surface area contributed by atoms with E-state index in [1.165, 1.54) is 0 Å². The predicted molar refractivity (Wildman–Crippen MR) is 169 cm³/mol. The molecule has 2 heterocycles. The van der Waals surface area contributed by atoms with Crippen molar-refractivity contribution in [2.45, 2.75) is 0 Å². The Labute approximate surface area is 248 Å². The number of hydrogen-bond donors (Lipinski definition) is 0. The maximum absolute atomic E-state index is 9.94. The molecule has 0 bridgehead atoms. The largest absolute Gasteiger partial charge is 0.309 e. The van der Waals surface area contributed by atoms with Crippen molar-refractivity contribution >= 4 is 21.8 Å². The Morgan fingerprint density at radius 3 is 1.51 bits per heavy atom. The summed E-state index contributed by atoms with van der Waals surface area (Å²) in [5.74, 6) is 0. The van der Waals surface area contributed by atoms with Crippen molar-refractivity contribution in [2.75, 3.05) is 0 Å². The van der Waals surface area contributed by atoms with Crippen molar-refractivity contribution in [3.05, 3.63) is 144 Å². The Balaban J connectivity index is 1.56. The molecule has 5 nitrogen and oxygen atoms in total. The molecule has 0 N–H and O–H groups in total. The van der Waals surface area contributed by atoms with Crippen LogP contribution < -0.4 is 0 Å². The number of nitrogens with zero attached hydrogens (tertiary/aromatic N) is 5. The Morgan fingerprint density at radius 2 is 0.977 bits per heavy atom. The van der Waals surface area contributed by atoms with Gasteiger partial charge in [-0.15, -0.1) is 0 Å². The molecule has 2 aromatic heterocycles. The summed E-state index contributed by atoms with van der Waals surface area (Å²) in [6.07, 6.45) is 3.45. The molecule has 198 valence electrons. The van der Waals surface area contributed by atoms with Crippen LogP contribution in [0, 0.1) is 34.0 Å². The molecule has 0 amide bonds. The molecular weight excluding hydrogens is 526 g/mol. The van der Waals surface area contributed by atoms with Crippen LogP contribution in [0.3, 0.4) is 0 Å². The first-order valence-corrected chi connectivity index (χ1v) is 13.7. The summed E-state index contributed by atoms with van der Waals surface area (Å²) in [4.78, 5) is 4.15. The number of rotatable bonds is 4. The summed E-state index contributed by atoms with van der Waals surface area (Å²) in [5.41, 5.74) is 9.94. The quantitative estimate of drug-likeness (QED) is 0.220. The van der Waals surface area contributed by atoms with E-state index in [1.54, 1.807) is 12.4 Å². The first-order chi connectivity index (χ1) is 21.2. The maximum Gasteiger partial charge on any atom is 0.0998 e. The molecule has 43 heavy (non-hydrogen) atoms. The molecule has 0 aliphatic carbocycles. The van der Waals surface area contributed by atoms with E-state index in [9.17, 15) is 15.8 Å². The van der Waals surface area contributed by atoms with Crippen LogP contribution in [-0.4, -0.2) is 9.55 Å². The Kier molecular flexibility index (Phi) is 6.22. The minimum atomic E-state index is 0.572. The summed E-state index contributed by atoms with van der Waals surface area (Å²) in [6.45, 7) is 0. The van der Waals surface area contributed by atoms with E-state index in [2.05, 4.69) is 64.2 Å². The van der Waals surface area contributed by atoms with Gasteiger partial charge in [-0.2, -0.15) is 15.8 Å². The minimum absolute atomic E-state index is 0.572. The zero-order valence-corrected chi connectivity index (χ0v) is 22.9. The molecule has 0 unspecified atom stereocenters. The summed E-state index contributed by atoms with van der Waals surface area (Å²) < 4.78 is 2.20. The van der Waals surface area contributed by atoms with Gasteiger partial charge in [-0.25, -0.2) is 0 Å². The molecule has 0 fully saturated rings. The third-order valence-corrected chi connectivity index (χ3v) is 7.86. The van der Waals surface area contributed by atoms with Crippen LogP contribution in [0.25, 0.3) is 60.9 Å². The number of fused-ring (bicyclic) bond motifs is 3. The van der Waals surface area contributed by atoms with Gasteiger partial charge in [-0.05, 0) is 82.4 Å². The van der Waals surface area contributed by atoms with Crippen molar-refractivity contribution in [2.24, 2.45) is 0 Å². The molecule has 7 rings (SSSR count). The lowest BCUT2D eigenvalue weighted by atomic mass is 9.98. The number of aromatic nitrogens is 2. The van der Waals surface area contributed by atoms with Crippen LogP contribution in [0.5, 0.6) is 0 Å². The second kappa shape index (κ2) is 10.5. The van der Waals surface area contributed by atoms with Gasteiger partial charge in [0.05, 0.1) is 45.9 Å². The van der Waals surface area contributed by atoms with Crippen LogP contribution in [0.15, 0.2) is 128 Å². The lowest BCUT2D eigenvalue weighted by Gasteiger charge is -2.13. The number of benzene rings is 5. The van der Waals surface area contributed by atoms with E-state index < -0.39 is 0 Å². The van der Waals surface area contributed by atoms with Crippen LogP contribution in [-0.2, 0) is 0 Å². The van der Waals surface area contributed by atoms with Crippen molar-refractivity contribution in [3.63, 3.8) is 0 Å². The van der Waals surface area contributed by atoms with Crippen molar-refractivity contribution in [1.82, 2.24) is 9.55 Å². The molecule has 0 radical (unpaired) electrons. The molecule has 0 saturated carbocycles. The Bertz CT molecular complexity index is 2210. The van der Waals surface area contributed by atoms with Gasteiger partial charge in [0.2, 0.25) is 0 Å². The van der Waals surface area contributed by atoms with Crippen molar-refractivity contribution in [3.8, 4) is 57.3 Å². The Hall–Kier alpha value is -6.48. The van der Waals surface area contributed by atoms with Gasteiger partial charge >= 0.3 is 0 Å². The molecule has 5 aromatic carbocycles. The fourth-order valence-electron chi connectivity index (χ4n) is 5.84. The topological polar surface area (TPSA) is 89.2 Å². The van der Waals surface area contributed by atoms with Gasteiger partial charge in [0, 0.05) is 34.4 Å². The van der Waals surface area contributed by atoms with Gasteiger partial charge in [0.15, 0.2) is 0 Å². The Morgan fingerprint density at radius 1 is 0.465 bits per heavy atom. The SMILES string of the molecule is N#Cc1ccccc1-c1ccc2c3ccc(-c4ccccc4C#N)cc3n(-c3ccc(C#N)c(-c4ccncc4)c3)c2c1.